The van der Waals surface area contributed by atoms with E-state index in [2.05, 4.69) is 42.1 Å². The van der Waals surface area contributed by atoms with Crippen LogP contribution in [0.4, 0.5) is 11.6 Å². The van der Waals surface area contributed by atoms with Crippen molar-refractivity contribution in [3.63, 3.8) is 0 Å². The first-order chi connectivity index (χ1) is 12.2. The van der Waals surface area contributed by atoms with E-state index >= 15 is 0 Å². The van der Waals surface area contributed by atoms with Gasteiger partial charge in [0.05, 0.1) is 0 Å². The maximum Gasteiger partial charge on any atom is 0.256 e. The first-order valence-electron chi connectivity index (χ1n) is 8.45. The highest BCUT2D eigenvalue weighted by Crippen LogP contribution is 2.17. The van der Waals surface area contributed by atoms with Crippen LogP contribution >= 0.6 is 0 Å². The summed E-state index contributed by atoms with van der Waals surface area (Å²) in [4.78, 5) is 15.6. The van der Waals surface area contributed by atoms with Crippen LogP contribution in [-0.2, 0) is 6.54 Å². The summed E-state index contributed by atoms with van der Waals surface area (Å²) in [5, 5.41) is 7.97. The number of hydrogen-bond acceptors (Lipinski definition) is 7. The molecule has 0 spiro atoms. The normalized spacial score (nSPS) is 15.7. The van der Waals surface area contributed by atoms with Gasteiger partial charge < -0.3 is 9.80 Å². The summed E-state index contributed by atoms with van der Waals surface area (Å²) < 4.78 is 1.94. The van der Waals surface area contributed by atoms with Gasteiger partial charge in [0.15, 0.2) is 0 Å². The molecule has 3 aromatic rings. The summed E-state index contributed by atoms with van der Waals surface area (Å²) in [5.41, 5.74) is 1.25. The first kappa shape index (κ1) is 15.8. The van der Waals surface area contributed by atoms with Crippen LogP contribution in [-0.4, -0.2) is 69.7 Å². The number of nitrogens with zero attached hydrogens (tertiary/aromatic N) is 8. The van der Waals surface area contributed by atoms with Gasteiger partial charge in [0.2, 0.25) is 0 Å². The van der Waals surface area contributed by atoms with Crippen molar-refractivity contribution in [1.29, 1.82) is 0 Å². The van der Waals surface area contributed by atoms with Gasteiger partial charge in [0, 0.05) is 59.2 Å². The van der Waals surface area contributed by atoms with E-state index in [1.54, 1.807) is 12.5 Å². The standard InChI is InChI=1S/C17H22N8/c1-22(2)15-4-3-14(11-19-15)12-23-7-9-24(10-8-23)16-5-6-18-17-21-20-13-25(16)17/h3-6,11,13H,7-10,12H2,1-2H3. The van der Waals surface area contributed by atoms with Gasteiger partial charge in [-0.3, -0.25) is 9.30 Å². The molecule has 3 aromatic heterocycles. The zero-order valence-corrected chi connectivity index (χ0v) is 14.6. The summed E-state index contributed by atoms with van der Waals surface area (Å²) in [5.74, 6) is 2.74. The summed E-state index contributed by atoms with van der Waals surface area (Å²) in [6.07, 6.45) is 5.50. The molecule has 130 valence electrons. The zero-order valence-electron chi connectivity index (χ0n) is 14.6. The average molecular weight is 338 g/mol. The molecule has 0 atom stereocenters. The second-order valence-corrected chi connectivity index (χ2v) is 6.49. The second kappa shape index (κ2) is 6.64. The lowest BCUT2D eigenvalue weighted by Crippen LogP contribution is -2.46. The highest BCUT2D eigenvalue weighted by molar-refractivity contribution is 5.46. The molecule has 0 bridgehead atoms. The van der Waals surface area contributed by atoms with E-state index in [0.29, 0.717) is 5.78 Å². The molecule has 0 aliphatic carbocycles. The van der Waals surface area contributed by atoms with Gasteiger partial charge in [-0.2, -0.15) is 0 Å². The summed E-state index contributed by atoms with van der Waals surface area (Å²) in [6, 6.07) is 6.26. The molecule has 1 aliphatic heterocycles. The molecule has 0 radical (unpaired) electrons. The van der Waals surface area contributed by atoms with E-state index < -0.39 is 0 Å². The second-order valence-electron chi connectivity index (χ2n) is 6.49. The lowest BCUT2D eigenvalue weighted by Gasteiger charge is -2.36. The van der Waals surface area contributed by atoms with Gasteiger partial charge in [-0.25, -0.2) is 9.97 Å². The predicted octanol–water partition coefficient (Wildman–Crippen LogP) is 0.907. The fraction of sp³-hybridized carbons (Fsp3) is 0.412. The van der Waals surface area contributed by atoms with Gasteiger partial charge in [-0.05, 0) is 17.7 Å². The molecule has 4 rings (SSSR count). The number of fused-ring (bicyclic) bond motifs is 1. The van der Waals surface area contributed by atoms with Gasteiger partial charge in [0.25, 0.3) is 5.78 Å². The Hall–Kier alpha value is -2.74. The van der Waals surface area contributed by atoms with E-state index in [9.17, 15) is 0 Å². The van der Waals surface area contributed by atoms with Gasteiger partial charge in [-0.1, -0.05) is 6.07 Å². The van der Waals surface area contributed by atoms with Gasteiger partial charge in [0.1, 0.15) is 18.0 Å². The Kier molecular flexibility index (Phi) is 4.19. The molecule has 25 heavy (non-hydrogen) atoms. The molecular formula is C17H22N8. The zero-order chi connectivity index (χ0) is 17.2. The molecule has 0 saturated carbocycles. The van der Waals surface area contributed by atoms with Crippen molar-refractivity contribution in [2.24, 2.45) is 0 Å². The van der Waals surface area contributed by atoms with E-state index in [-0.39, 0.29) is 0 Å². The molecule has 0 amide bonds. The fourth-order valence-corrected chi connectivity index (χ4v) is 3.16. The Morgan fingerprint density at radius 3 is 2.60 bits per heavy atom. The van der Waals surface area contributed by atoms with Gasteiger partial charge in [-0.15, -0.1) is 10.2 Å². The Morgan fingerprint density at radius 1 is 1.04 bits per heavy atom. The minimum Gasteiger partial charge on any atom is -0.363 e. The third-order valence-electron chi connectivity index (χ3n) is 4.56. The van der Waals surface area contributed by atoms with Crippen LogP contribution in [0.3, 0.4) is 0 Å². The third kappa shape index (κ3) is 3.25. The molecule has 8 heteroatoms. The molecule has 0 aromatic carbocycles. The van der Waals surface area contributed by atoms with Crippen molar-refractivity contribution in [3.8, 4) is 0 Å². The number of piperazine rings is 1. The monoisotopic (exact) mass is 338 g/mol. The minimum atomic E-state index is 0.645. The number of pyridine rings is 1. The molecular weight excluding hydrogens is 316 g/mol. The number of rotatable bonds is 4. The largest absolute Gasteiger partial charge is 0.363 e. The Labute approximate surface area is 146 Å². The number of aromatic nitrogens is 5. The molecule has 1 aliphatic rings. The maximum absolute atomic E-state index is 4.50. The van der Waals surface area contributed by atoms with E-state index in [0.717, 1.165) is 44.4 Å². The van der Waals surface area contributed by atoms with E-state index in [1.807, 2.05) is 35.7 Å². The molecule has 4 heterocycles. The van der Waals surface area contributed by atoms with Gasteiger partial charge >= 0.3 is 0 Å². The topological polar surface area (TPSA) is 65.7 Å². The van der Waals surface area contributed by atoms with Crippen LogP contribution < -0.4 is 9.80 Å². The lowest BCUT2D eigenvalue weighted by atomic mass is 10.2. The van der Waals surface area contributed by atoms with Crippen LogP contribution in [0.1, 0.15) is 5.56 Å². The van der Waals surface area contributed by atoms with Crippen molar-refractivity contribution in [1.82, 2.24) is 29.5 Å². The lowest BCUT2D eigenvalue weighted by molar-refractivity contribution is 0.249. The van der Waals surface area contributed by atoms with Crippen molar-refractivity contribution in [2.45, 2.75) is 6.54 Å². The Morgan fingerprint density at radius 2 is 1.88 bits per heavy atom. The van der Waals surface area contributed by atoms with Crippen molar-refractivity contribution >= 4 is 17.4 Å². The smallest absolute Gasteiger partial charge is 0.256 e. The third-order valence-corrected chi connectivity index (χ3v) is 4.56. The average Bonchev–Trinajstić information content (AvgIpc) is 3.12. The Bertz CT molecular complexity index is 833. The van der Waals surface area contributed by atoms with Crippen molar-refractivity contribution in [3.05, 3.63) is 42.5 Å². The fourth-order valence-electron chi connectivity index (χ4n) is 3.16. The van der Waals surface area contributed by atoms with Crippen LogP contribution in [0.5, 0.6) is 0 Å². The summed E-state index contributed by atoms with van der Waals surface area (Å²) in [7, 11) is 4.01. The molecule has 1 saturated heterocycles. The number of anilines is 2. The predicted molar refractivity (Wildman–Crippen MR) is 96.8 cm³/mol. The minimum absolute atomic E-state index is 0.645. The molecule has 8 nitrogen and oxygen atoms in total. The summed E-state index contributed by atoms with van der Waals surface area (Å²) in [6.45, 7) is 4.91. The highest BCUT2D eigenvalue weighted by Gasteiger charge is 2.19. The Balaban J connectivity index is 1.39. The molecule has 0 unspecified atom stereocenters. The van der Waals surface area contributed by atoms with Crippen LogP contribution in [0, 0.1) is 0 Å². The van der Waals surface area contributed by atoms with Crippen LogP contribution in [0.15, 0.2) is 36.9 Å². The molecule has 1 fully saturated rings. The quantitative estimate of drug-likeness (QED) is 0.700. The van der Waals surface area contributed by atoms with E-state index in [4.69, 9.17) is 0 Å². The summed E-state index contributed by atoms with van der Waals surface area (Å²) >= 11 is 0. The van der Waals surface area contributed by atoms with Crippen LogP contribution in [0.25, 0.3) is 5.78 Å². The van der Waals surface area contributed by atoms with Crippen molar-refractivity contribution < 1.29 is 0 Å². The van der Waals surface area contributed by atoms with E-state index in [1.165, 1.54) is 5.56 Å². The maximum atomic E-state index is 4.50. The first-order valence-corrected chi connectivity index (χ1v) is 8.45. The number of hydrogen-bond donors (Lipinski definition) is 0. The van der Waals surface area contributed by atoms with Crippen molar-refractivity contribution in [2.75, 3.05) is 50.1 Å². The molecule has 0 N–H and O–H groups in total. The highest BCUT2D eigenvalue weighted by atomic mass is 15.3. The van der Waals surface area contributed by atoms with Crippen LogP contribution in [0.2, 0.25) is 0 Å². The SMILES string of the molecule is CN(C)c1ccc(CN2CCN(c3ccnc4nncn34)CC2)cn1.